The van der Waals surface area contributed by atoms with E-state index in [-0.39, 0.29) is 0 Å². The zero-order valence-electron chi connectivity index (χ0n) is 20.8. The highest BCUT2D eigenvalue weighted by molar-refractivity contribution is 7.25. The Morgan fingerprint density at radius 1 is 0.395 bits per heavy atom. The Labute approximate surface area is 226 Å². The Balaban J connectivity index is 1.37. The quantitative estimate of drug-likeness (QED) is 0.246. The fourth-order valence-corrected chi connectivity index (χ4v) is 6.28. The van der Waals surface area contributed by atoms with Crippen LogP contribution in [0.4, 0.5) is 11.4 Å². The third-order valence-electron chi connectivity index (χ3n) is 7.08. The second-order valence-corrected chi connectivity index (χ2v) is 10.6. The molecule has 1 nitrogen and oxygen atoms in total. The molecule has 0 atom stereocenters. The van der Waals surface area contributed by atoms with Crippen molar-refractivity contribution in [2.24, 2.45) is 0 Å². The van der Waals surface area contributed by atoms with E-state index in [1.165, 1.54) is 53.6 Å². The highest BCUT2D eigenvalue weighted by atomic mass is 32.1. The fourth-order valence-electron chi connectivity index (χ4n) is 5.21. The normalized spacial score (nSPS) is 11.2. The predicted octanol–water partition coefficient (Wildman–Crippen LogP) is 10.8. The molecular weight excluding hydrogens is 478 g/mol. The van der Waals surface area contributed by atoms with Gasteiger partial charge in [-0.25, -0.2) is 0 Å². The van der Waals surface area contributed by atoms with Gasteiger partial charge in [0.05, 0.1) is 5.69 Å². The summed E-state index contributed by atoms with van der Waals surface area (Å²) in [6.45, 7) is 0. The van der Waals surface area contributed by atoms with E-state index >= 15 is 0 Å². The van der Waals surface area contributed by atoms with Crippen molar-refractivity contribution in [3.8, 4) is 33.4 Å². The number of para-hydroxylation sites is 1. The van der Waals surface area contributed by atoms with E-state index in [0.717, 1.165) is 11.4 Å². The highest BCUT2D eigenvalue weighted by Gasteiger charge is 2.14. The van der Waals surface area contributed by atoms with Crippen LogP contribution in [-0.4, -0.2) is 0 Å². The highest BCUT2D eigenvalue weighted by Crippen LogP contribution is 2.41. The van der Waals surface area contributed by atoms with Gasteiger partial charge in [0.1, 0.15) is 0 Å². The minimum absolute atomic E-state index is 1.09. The molecule has 7 rings (SSSR count). The molecule has 0 spiro atoms. The van der Waals surface area contributed by atoms with Gasteiger partial charge in [0.15, 0.2) is 0 Å². The van der Waals surface area contributed by atoms with Gasteiger partial charge < -0.3 is 5.32 Å². The first-order chi connectivity index (χ1) is 18.8. The van der Waals surface area contributed by atoms with Crippen molar-refractivity contribution >= 4 is 42.9 Å². The average molecular weight is 504 g/mol. The molecule has 0 aliphatic rings. The Morgan fingerprint density at radius 2 is 0.921 bits per heavy atom. The van der Waals surface area contributed by atoms with E-state index in [9.17, 15) is 0 Å². The second kappa shape index (κ2) is 9.66. The molecular formula is C36H25NS. The molecule has 0 aliphatic carbocycles. The van der Waals surface area contributed by atoms with Gasteiger partial charge in [0.2, 0.25) is 0 Å². The van der Waals surface area contributed by atoms with Crippen LogP contribution in [0, 0.1) is 0 Å². The van der Waals surface area contributed by atoms with Gasteiger partial charge in [-0.3, -0.25) is 0 Å². The number of rotatable bonds is 5. The maximum atomic E-state index is 3.84. The van der Waals surface area contributed by atoms with E-state index in [1.54, 1.807) is 0 Å². The lowest BCUT2D eigenvalue weighted by Gasteiger charge is -2.18. The summed E-state index contributed by atoms with van der Waals surface area (Å²) in [6.07, 6.45) is 0. The maximum Gasteiger partial charge on any atom is 0.0543 e. The SMILES string of the molecule is c1ccc(-c2ccc3sc4ccc(Nc5c(-c6ccccc6)cccc5-c5ccccc5)cc4c3c2)cc1. The molecule has 1 heterocycles. The molecule has 7 aromatic rings. The molecule has 0 bridgehead atoms. The van der Waals surface area contributed by atoms with Crippen LogP contribution in [0.15, 0.2) is 146 Å². The molecule has 1 N–H and O–H groups in total. The summed E-state index contributed by atoms with van der Waals surface area (Å²) >= 11 is 1.85. The van der Waals surface area contributed by atoms with E-state index in [1.807, 2.05) is 11.3 Å². The second-order valence-electron chi connectivity index (χ2n) is 9.48. The van der Waals surface area contributed by atoms with Crippen LogP contribution in [0.3, 0.4) is 0 Å². The lowest BCUT2D eigenvalue weighted by Crippen LogP contribution is -1.96. The van der Waals surface area contributed by atoms with Gasteiger partial charge in [0, 0.05) is 37.0 Å². The van der Waals surface area contributed by atoms with Gasteiger partial charge in [-0.1, -0.05) is 115 Å². The third-order valence-corrected chi connectivity index (χ3v) is 8.23. The molecule has 180 valence electrons. The van der Waals surface area contributed by atoms with Crippen molar-refractivity contribution in [1.29, 1.82) is 0 Å². The van der Waals surface area contributed by atoms with Crippen LogP contribution in [0.5, 0.6) is 0 Å². The summed E-state index contributed by atoms with van der Waals surface area (Å²) in [5, 5.41) is 6.42. The van der Waals surface area contributed by atoms with E-state index in [4.69, 9.17) is 0 Å². The van der Waals surface area contributed by atoms with Crippen LogP contribution in [-0.2, 0) is 0 Å². The van der Waals surface area contributed by atoms with Crippen LogP contribution in [0.2, 0.25) is 0 Å². The summed E-state index contributed by atoms with van der Waals surface area (Å²) in [6, 6.07) is 52.0. The van der Waals surface area contributed by atoms with Gasteiger partial charge in [-0.05, 0) is 52.6 Å². The topological polar surface area (TPSA) is 12.0 Å². The van der Waals surface area contributed by atoms with Crippen molar-refractivity contribution < 1.29 is 0 Å². The molecule has 0 saturated heterocycles. The number of hydrogen-bond acceptors (Lipinski definition) is 2. The van der Waals surface area contributed by atoms with Crippen molar-refractivity contribution in [3.63, 3.8) is 0 Å². The number of nitrogens with one attached hydrogen (secondary N) is 1. The molecule has 1 aromatic heterocycles. The monoisotopic (exact) mass is 503 g/mol. The zero-order valence-corrected chi connectivity index (χ0v) is 21.6. The molecule has 0 saturated carbocycles. The molecule has 38 heavy (non-hydrogen) atoms. The standard InChI is InChI=1S/C36H25NS/c1-4-11-25(12-5-1)28-19-21-34-32(23-28)33-24-29(20-22-35(33)38-34)37-36-30(26-13-6-2-7-14-26)17-10-18-31(36)27-15-8-3-9-16-27/h1-24,37H. The van der Waals surface area contributed by atoms with Crippen molar-refractivity contribution in [2.75, 3.05) is 5.32 Å². The number of thiophene rings is 1. The zero-order chi connectivity index (χ0) is 25.3. The van der Waals surface area contributed by atoms with Crippen LogP contribution in [0.1, 0.15) is 0 Å². The molecule has 2 heteroatoms. The summed E-state index contributed by atoms with van der Waals surface area (Å²) in [5.41, 5.74) is 9.47. The first-order valence-corrected chi connectivity index (χ1v) is 13.7. The summed E-state index contributed by atoms with van der Waals surface area (Å²) in [7, 11) is 0. The van der Waals surface area contributed by atoms with Gasteiger partial charge >= 0.3 is 0 Å². The Hall–Kier alpha value is -4.66. The third kappa shape index (κ3) is 4.15. The predicted molar refractivity (Wildman–Crippen MR) is 165 cm³/mol. The van der Waals surface area contributed by atoms with Crippen LogP contribution in [0.25, 0.3) is 53.6 Å². The van der Waals surface area contributed by atoms with Gasteiger partial charge in [0.25, 0.3) is 0 Å². The summed E-state index contributed by atoms with van der Waals surface area (Å²) in [5.74, 6) is 0. The lowest BCUT2D eigenvalue weighted by molar-refractivity contribution is 1.53. The minimum Gasteiger partial charge on any atom is -0.354 e. The summed E-state index contributed by atoms with van der Waals surface area (Å²) < 4.78 is 2.61. The molecule has 0 aliphatic heterocycles. The van der Waals surface area contributed by atoms with Crippen LogP contribution >= 0.6 is 11.3 Å². The lowest BCUT2D eigenvalue weighted by atomic mass is 9.95. The van der Waals surface area contributed by atoms with Crippen molar-refractivity contribution in [2.45, 2.75) is 0 Å². The summed E-state index contributed by atoms with van der Waals surface area (Å²) in [4.78, 5) is 0. The fraction of sp³-hybridized carbons (Fsp3) is 0. The van der Waals surface area contributed by atoms with Gasteiger partial charge in [-0.15, -0.1) is 11.3 Å². The first kappa shape index (κ1) is 22.5. The van der Waals surface area contributed by atoms with E-state index in [2.05, 4.69) is 151 Å². The largest absolute Gasteiger partial charge is 0.354 e. The number of benzene rings is 6. The number of hydrogen-bond donors (Lipinski definition) is 1. The van der Waals surface area contributed by atoms with Crippen LogP contribution < -0.4 is 5.32 Å². The van der Waals surface area contributed by atoms with Crippen molar-refractivity contribution in [3.05, 3.63) is 146 Å². The molecule has 0 radical (unpaired) electrons. The smallest absolute Gasteiger partial charge is 0.0543 e. The minimum atomic E-state index is 1.09. The van der Waals surface area contributed by atoms with E-state index < -0.39 is 0 Å². The Morgan fingerprint density at radius 3 is 1.53 bits per heavy atom. The first-order valence-electron chi connectivity index (χ1n) is 12.9. The van der Waals surface area contributed by atoms with Crippen molar-refractivity contribution in [1.82, 2.24) is 0 Å². The van der Waals surface area contributed by atoms with Gasteiger partial charge in [-0.2, -0.15) is 0 Å². The average Bonchev–Trinajstić information content (AvgIpc) is 3.36. The molecule has 0 unspecified atom stereocenters. The number of anilines is 2. The Kier molecular flexibility index (Phi) is 5.73. The molecule has 0 fully saturated rings. The Bertz CT molecular complexity index is 1810. The molecule has 0 amide bonds. The van der Waals surface area contributed by atoms with E-state index in [0.29, 0.717) is 0 Å². The maximum absolute atomic E-state index is 3.84. The molecule has 6 aromatic carbocycles. The number of fused-ring (bicyclic) bond motifs is 3.